The van der Waals surface area contributed by atoms with Crippen LogP contribution in [0.1, 0.15) is 342 Å². The van der Waals surface area contributed by atoms with Gasteiger partial charge in [0.25, 0.3) is 0 Å². The first kappa shape index (κ1) is 95.9. The van der Waals surface area contributed by atoms with E-state index in [0.717, 1.165) is 109 Å². The number of phosphoric ester groups is 1. The highest BCUT2D eigenvalue weighted by Gasteiger charge is 2.58. The van der Waals surface area contributed by atoms with Crippen LogP contribution in [0.25, 0.3) is 0 Å². The molecular formula is C79H147O24P. The zero-order valence-corrected chi connectivity index (χ0v) is 65.2. The van der Waals surface area contributed by atoms with Crippen molar-refractivity contribution >= 4 is 25.7 Å². The van der Waals surface area contributed by atoms with E-state index in [9.17, 15) is 74.9 Å². The number of carbonyl (C=O) groups is 3. The van der Waals surface area contributed by atoms with Gasteiger partial charge in [0.05, 0.1) is 13.2 Å². The monoisotopic (exact) mass is 1510 g/mol. The number of phosphoric acid groups is 1. The molecule has 3 fully saturated rings. The van der Waals surface area contributed by atoms with E-state index in [0.29, 0.717) is 19.3 Å². The van der Waals surface area contributed by atoms with Gasteiger partial charge in [0.1, 0.15) is 98.7 Å². The summed E-state index contributed by atoms with van der Waals surface area (Å²) in [5.74, 6) is -1.98. The Hall–Kier alpha value is -2.30. The predicted molar refractivity (Wildman–Crippen MR) is 398 cm³/mol. The molecule has 0 spiro atoms. The first-order valence-electron chi connectivity index (χ1n) is 41.5. The van der Waals surface area contributed by atoms with Gasteiger partial charge < -0.3 is 89.1 Å². The Morgan fingerprint density at radius 2 is 0.673 bits per heavy atom. The van der Waals surface area contributed by atoms with Crippen LogP contribution in [0.2, 0.25) is 0 Å². The minimum atomic E-state index is -5.70. The fourth-order valence-electron chi connectivity index (χ4n) is 13.8. The number of ether oxygens (including phenoxy) is 7. The summed E-state index contributed by atoms with van der Waals surface area (Å²) in [6.45, 7) is 3.50. The van der Waals surface area contributed by atoms with E-state index in [-0.39, 0.29) is 19.3 Å². The van der Waals surface area contributed by atoms with Crippen molar-refractivity contribution in [1.82, 2.24) is 0 Å². The highest BCUT2D eigenvalue weighted by molar-refractivity contribution is 7.47. The Balaban J connectivity index is 1.69. The third-order valence-corrected chi connectivity index (χ3v) is 21.5. The smallest absolute Gasteiger partial charge is 0.463 e. The second-order valence-corrected chi connectivity index (χ2v) is 31.3. The molecular weight excluding hydrogens is 1360 g/mol. The van der Waals surface area contributed by atoms with Crippen LogP contribution in [-0.2, 0) is 61.2 Å². The SMILES string of the molecule is CCCCCC/C=C\CCCCCCCCCC(=O)OC(COC(=O)CCCCCCCCCCCCCCCCCCC)COP(=O)(O)OC1C(OC2OC(CO)C(O)C(O)C2O)C(O)C(O)C(O)C1OC1OC(COC(=O)CCCCCCCCCCCCCCCCCCC)C(O)C(O)C1O. The number of aliphatic hydroxyl groups excluding tert-OH is 10. The van der Waals surface area contributed by atoms with E-state index in [4.69, 9.17) is 42.2 Å². The highest BCUT2D eigenvalue weighted by atomic mass is 31.2. The maximum Gasteiger partial charge on any atom is 0.472 e. The van der Waals surface area contributed by atoms with Crippen LogP contribution in [0.15, 0.2) is 12.2 Å². The third-order valence-electron chi connectivity index (χ3n) is 20.5. The van der Waals surface area contributed by atoms with Crippen LogP contribution in [0.5, 0.6) is 0 Å². The van der Waals surface area contributed by atoms with Gasteiger partial charge in [-0.2, -0.15) is 0 Å². The lowest BCUT2D eigenvalue weighted by molar-refractivity contribution is -0.360. The number of hydrogen-bond donors (Lipinski definition) is 11. The molecule has 2 aliphatic heterocycles. The van der Waals surface area contributed by atoms with Gasteiger partial charge in [0.2, 0.25) is 0 Å². The zero-order valence-electron chi connectivity index (χ0n) is 64.3. The van der Waals surface area contributed by atoms with E-state index in [1.807, 2.05) is 0 Å². The standard InChI is InChI=1S/C79H147O24P/c1-4-7-10-13-16-19-22-25-28-30-33-35-38-41-44-47-50-53-63(81)95-57-60(98-65(83)55-52-49-46-43-40-37-32-27-24-21-18-15-12-9-6-3)58-97-104(93,94)103-77-75(101-78-73(91)68(86)66(84)61(56-80)99-78)71(89)70(88)72(90)76(77)102-79-74(92)69(87)67(85)62(100-79)59-96-64(82)54-51-48-45-42-39-36-34-31-29-26-23-20-17-14-11-8-5-2/h21,24,60-62,66-80,84-92H,4-20,22-23,25-59H2,1-3H3,(H,93,94)/b24-21-. The normalized spacial score (nSPS) is 26.8. The molecule has 612 valence electrons. The van der Waals surface area contributed by atoms with Crippen LogP contribution < -0.4 is 0 Å². The van der Waals surface area contributed by atoms with E-state index in [1.165, 1.54) is 173 Å². The number of aliphatic hydroxyl groups is 10. The quantitative estimate of drug-likeness (QED) is 0.00886. The molecule has 18 unspecified atom stereocenters. The van der Waals surface area contributed by atoms with Gasteiger partial charge in [-0.25, -0.2) is 4.57 Å². The summed E-state index contributed by atoms with van der Waals surface area (Å²) in [5.41, 5.74) is 0. The van der Waals surface area contributed by atoms with Gasteiger partial charge >= 0.3 is 25.7 Å². The van der Waals surface area contributed by atoms with E-state index < -0.39 is 156 Å². The van der Waals surface area contributed by atoms with Crippen LogP contribution >= 0.6 is 7.82 Å². The molecule has 25 heteroatoms. The molecule has 11 N–H and O–H groups in total. The van der Waals surface area contributed by atoms with Crippen LogP contribution in [0.4, 0.5) is 0 Å². The van der Waals surface area contributed by atoms with Crippen LogP contribution in [0.3, 0.4) is 0 Å². The van der Waals surface area contributed by atoms with E-state index >= 15 is 0 Å². The third kappa shape index (κ3) is 42.2. The van der Waals surface area contributed by atoms with Crippen molar-refractivity contribution in [2.75, 3.05) is 26.4 Å². The molecule has 24 nitrogen and oxygen atoms in total. The van der Waals surface area contributed by atoms with Crippen molar-refractivity contribution in [3.05, 3.63) is 12.2 Å². The Bertz CT molecular complexity index is 2180. The molecule has 1 aliphatic carbocycles. The van der Waals surface area contributed by atoms with Gasteiger partial charge in [-0.05, 0) is 44.9 Å². The predicted octanol–water partition coefficient (Wildman–Crippen LogP) is 13.1. The Morgan fingerprint density at radius 3 is 1.05 bits per heavy atom. The van der Waals surface area contributed by atoms with Crippen molar-refractivity contribution in [2.45, 2.75) is 446 Å². The van der Waals surface area contributed by atoms with Crippen LogP contribution in [0, 0.1) is 0 Å². The molecule has 18 atom stereocenters. The molecule has 0 aromatic heterocycles. The lowest BCUT2D eigenvalue weighted by atomic mass is 9.84. The summed E-state index contributed by atoms with van der Waals surface area (Å²) >= 11 is 0. The molecule has 2 saturated heterocycles. The van der Waals surface area contributed by atoms with Gasteiger partial charge in [0, 0.05) is 19.3 Å². The van der Waals surface area contributed by atoms with Crippen molar-refractivity contribution in [2.24, 2.45) is 0 Å². The molecule has 3 rings (SSSR count). The highest BCUT2D eigenvalue weighted by Crippen LogP contribution is 2.49. The number of unbranched alkanes of at least 4 members (excludes halogenated alkanes) is 43. The largest absolute Gasteiger partial charge is 0.472 e. The van der Waals surface area contributed by atoms with Crippen molar-refractivity contribution < 1.29 is 117 Å². The first-order valence-corrected chi connectivity index (χ1v) is 43.0. The fraction of sp³-hybridized carbons (Fsp3) is 0.937. The van der Waals surface area contributed by atoms with Gasteiger partial charge in [-0.3, -0.25) is 23.4 Å². The average Bonchev–Trinajstić information content (AvgIpc) is 0.761. The fourth-order valence-corrected chi connectivity index (χ4v) is 14.8. The minimum Gasteiger partial charge on any atom is -0.463 e. The summed E-state index contributed by atoms with van der Waals surface area (Å²) in [6.07, 6.45) is 22.4. The number of esters is 3. The number of hydrogen-bond acceptors (Lipinski definition) is 23. The molecule has 0 aromatic rings. The molecule has 3 aliphatic rings. The summed E-state index contributed by atoms with van der Waals surface area (Å²) in [6, 6.07) is 0. The summed E-state index contributed by atoms with van der Waals surface area (Å²) in [5, 5.41) is 110. The molecule has 2 heterocycles. The second kappa shape index (κ2) is 60.4. The number of rotatable bonds is 66. The summed E-state index contributed by atoms with van der Waals surface area (Å²) in [4.78, 5) is 51.2. The Morgan fingerprint density at radius 1 is 0.365 bits per heavy atom. The summed E-state index contributed by atoms with van der Waals surface area (Å²) in [7, 11) is -5.70. The molecule has 0 bridgehead atoms. The van der Waals surface area contributed by atoms with Crippen LogP contribution in [-0.4, -0.2) is 204 Å². The summed E-state index contributed by atoms with van der Waals surface area (Å²) < 4.78 is 65.3. The molecule has 0 radical (unpaired) electrons. The molecule has 0 amide bonds. The van der Waals surface area contributed by atoms with Gasteiger partial charge in [-0.1, -0.05) is 290 Å². The van der Waals surface area contributed by atoms with Crippen molar-refractivity contribution in [3.8, 4) is 0 Å². The average molecular weight is 1510 g/mol. The zero-order chi connectivity index (χ0) is 76.0. The van der Waals surface area contributed by atoms with Gasteiger partial charge in [0.15, 0.2) is 18.7 Å². The Labute approximate surface area is 624 Å². The molecule has 104 heavy (non-hydrogen) atoms. The second-order valence-electron chi connectivity index (χ2n) is 29.8. The maximum absolute atomic E-state index is 14.4. The van der Waals surface area contributed by atoms with E-state index in [1.54, 1.807) is 0 Å². The van der Waals surface area contributed by atoms with E-state index in [2.05, 4.69) is 32.9 Å². The lowest BCUT2D eigenvalue weighted by Gasteiger charge is -2.49. The topological polar surface area (TPSA) is 374 Å². The maximum atomic E-state index is 14.4. The van der Waals surface area contributed by atoms with Gasteiger partial charge in [-0.15, -0.1) is 0 Å². The van der Waals surface area contributed by atoms with Crippen molar-refractivity contribution in [3.63, 3.8) is 0 Å². The first-order chi connectivity index (χ1) is 50.3. The molecule has 0 aromatic carbocycles. The number of carbonyl (C=O) groups excluding carboxylic acids is 3. The lowest BCUT2D eigenvalue weighted by Crippen LogP contribution is -2.69. The molecule has 1 saturated carbocycles. The minimum absolute atomic E-state index is 0.0331. The van der Waals surface area contributed by atoms with Crippen molar-refractivity contribution in [1.29, 1.82) is 0 Å². The Kier molecular flexibility index (Phi) is 55.7. The number of allylic oxidation sites excluding steroid dienone is 2.